The lowest BCUT2D eigenvalue weighted by atomic mass is 9.94. The molecule has 1 aliphatic heterocycles. The highest BCUT2D eigenvalue weighted by atomic mass is 15.3. The second-order valence-electron chi connectivity index (χ2n) is 6.13. The van der Waals surface area contributed by atoms with Gasteiger partial charge in [-0.15, -0.1) is 0 Å². The molecule has 0 aliphatic carbocycles. The topological polar surface area (TPSA) is 47.1 Å². The number of nitrogens with zero attached hydrogens (tertiary/aromatic N) is 3. The van der Waals surface area contributed by atoms with Crippen LogP contribution in [0.3, 0.4) is 0 Å². The maximum absolute atomic E-state index is 5.69. The Morgan fingerprint density at radius 3 is 2.89 bits per heavy atom. The van der Waals surface area contributed by atoms with Gasteiger partial charge in [-0.25, -0.2) is 0 Å². The Hall–Kier alpha value is -0.870. The first-order valence-electron chi connectivity index (χ1n) is 7.57. The van der Waals surface area contributed by atoms with Gasteiger partial charge in [0, 0.05) is 30.9 Å². The predicted octanol–water partition coefficient (Wildman–Crippen LogP) is 2.33. The molecule has 0 radical (unpaired) electrons. The van der Waals surface area contributed by atoms with E-state index in [1.54, 1.807) is 0 Å². The zero-order valence-electron chi connectivity index (χ0n) is 12.6. The van der Waals surface area contributed by atoms with Crippen LogP contribution in [-0.2, 0) is 6.54 Å². The highest BCUT2D eigenvalue weighted by Crippen LogP contribution is 2.21. The van der Waals surface area contributed by atoms with Crippen LogP contribution >= 0.6 is 0 Å². The molecule has 2 N–H and O–H groups in total. The second-order valence-corrected chi connectivity index (χ2v) is 6.13. The van der Waals surface area contributed by atoms with Crippen LogP contribution in [0.5, 0.6) is 0 Å². The summed E-state index contributed by atoms with van der Waals surface area (Å²) in [5.41, 5.74) is 8.24. The molecule has 1 aliphatic rings. The Bertz CT molecular complexity index is 395. The van der Waals surface area contributed by atoms with Crippen molar-refractivity contribution in [2.45, 2.75) is 52.6 Å². The van der Waals surface area contributed by atoms with Gasteiger partial charge in [0.15, 0.2) is 0 Å². The molecule has 2 rings (SSSR count). The van der Waals surface area contributed by atoms with Gasteiger partial charge < -0.3 is 5.73 Å². The lowest BCUT2D eigenvalue weighted by molar-refractivity contribution is 0.163. The molecule has 1 fully saturated rings. The lowest BCUT2D eigenvalue weighted by Crippen LogP contribution is -2.35. The van der Waals surface area contributed by atoms with E-state index >= 15 is 0 Å². The molecule has 2 heterocycles. The van der Waals surface area contributed by atoms with E-state index in [0.29, 0.717) is 6.04 Å². The summed E-state index contributed by atoms with van der Waals surface area (Å²) in [5.74, 6) is 0.791. The average Bonchev–Trinajstić information content (AvgIpc) is 2.72. The summed E-state index contributed by atoms with van der Waals surface area (Å²) in [4.78, 5) is 2.57. The first-order chi connectivity index (χ1) is 9.10. The molecular formula is C15H28N4. The zero-order valence-corrected chi connectivity index (χ0v) is 12.6. The minimum absolute atomic E-state index is 0.443. The quantitative estimate of drug-likeness (QED) is 0.888. The van der Waals surface area contributed by atoms with Crippen molar-refractivity contribution in [3.05, 3.63) is 17.5 Å². The molecule has 1 atom stereocenters. The van der Waals surface area contributed by atoms with Gasteiger partial charge in [-0.3, -0.25) is 9.58 Å². The molecule has 0 saturated carbocycles. The SMILES string of the molecule is Cc1nn(C(C)C)cc1CN1CCCC(CCN)C1. The Morgan fingerprint density at radius 2 is 2.26 bits per heavy atom. The molecule has 108 valence electrons. The van der Waals surface area contributed by atoms with Crippen LogP contribution in [0.15, 0.2) is 6.20 Å². The van der Waals surface area contributed by atoms with E-state index in [0.717, 1.165) is 19.0 Å². The number of likely N-dealkylation sites (tertiary alicyclic amines) is 1. The van der Waals surface area contributed by atoms with Crippen molar-refractivity contribution >= 4 is 0 Å². The number of nitrogens with two attached hydrogens (primary N) is 1. The van der Waals surface area contributed by atoms with Gasteiger partial charge >= 0.3 is 0 Å². The van der Waals surface area contributed by atoms with Crippen LogP contribution in [0.4, 0.5) is 0 Å². The van der Waals surface area contributed by atoms with E-state index in [2.05, 4.69) is 41.6 Å². The van der Waals surface area contributed by atoms with Crippen molar-refractivity contribution in [1.82, 2.24) is 14.7 Å². The first kappa shape index (κ1) is 14.5. The zero-order chi connectivity index (χ0) is 13.8. The van der Waals surface area contributed by atoms with Gasteiger partial charge in [0.1, 0.15) is 0 Å². The summed E-state index contributed by atoms with van der Waals surface area (Å²) in [6, 6.07) is 0.443. The number of hydrogen-bond acceptors (Lipinski definition) is 3. The minimum atomic E-state index is 0.443. The molecule has 4 nitrogen and oxygen atoms in total. The molecule has 0 bridgehead atoms. The molecule has 0 amide bonds. The van der Waals surface area contributed by atoms with Crippen molar-refractivity contribution in [2.75, 3.05) is 19.6 Å². The third-order valence-corrected chi connectivity index (χ3v) is 4.12. The number of aromatic nitrogens is 2. The number of hydrogen-bond donors (Lipinski definition) is 1. The number of rotatable bonds is 5. The maximum Gasteiger partial charge on any atom is 0.0638 e. The first-order valence-corrected chi connectivity index (χ1v) is 7.57. The van der Waals surface area contributed by atoms with Gasteiger partial charge in [0.05, 0.1) is 5.69 Å². The van der Waals surface area contributed by atoms with Crippen molar-refractivity contribution in [3.8, 4) is 0 Å². The van der Waals surface area contributed by atoms with Crippen LogP contribution < -0.4 is 5.73 Å². The highest BCUT2D eigenvalue weighted by molar-refractivity contribution is 5.15. The summed E-state index contributed by atoms with van der Waals surface area (Å²) >= 11 is 0. The summed E-state index contributed by atoms with van der Waals surface area (Å²) < 4.78 is 2.08. The summed E-state index contributed by atoms with van der Waals surface area (Å²) in [5, 5.41) is 4.60. The van der Waals surface area contributed by atoms with E-state index in [-0.39, 0.29) is 0 Å². The van der Waals surface area contributed by atoms with Crippen LogP contribution in [0, 0.1) is 12.8 Å². The highest BCUT2D eigenvalue weighted by Gasteiger charge is 2.20. The van der Waals surface area contributed by atoms with Gasteiger partial charge in [0.2, 0.25) is 0 Å². The number of aryl methyl sites for hydroxylation is 1. The van der Waals surface area contributed by atoms with E-state index in [9.17, 15) is 0 Å². The molecule has 1 unspecified atom stereocenters. The molecular weight excluding hydrogens is 236 g/mol. The summed E-state index contributed by atoms with van der Waals surface area (Å²) in [6.45, 7) is 10.7. The van der Waals surface area contributed by atoms with Crippen LogP contribution in [0.1, 0.15) is 50.4 Å². The predicted molar refractivity (Wildman–Crippen MR) is 79.0 cm³/mol. The standard InChI is InChI=1S/C15H28N4/c1-12(2)19-11-15(13(3)17-19)10-18-8-4-5-14(9-18)6-7-16/h11-12,14H,4-10,16H2,1-3H3. The Kier molecular flexibility index (Phi) is 4.99. The Labute approximate surface area is 117 Å². The fraction of sp³-hybridized carbons (Fsp3) is 0.800. The molecule has 19 heavy (non-hydrogen) atoms. The van der Waals surface area contributed by atoms with Gasteiger partial charge in [0.25, 0.3) is 0 Å². The van der Waals surface area contributed by atoms with Crippen molar-refractivity contribution in [1.29, 1.82) is 0 Å². The fourth-order valence-electron chi connectivity index (χ4n) is 2.95. The molecule has 1 saturated heterocycles. The molecule has 0 spiro atoms. The minimum Gasteiger partial charge on any atom is -0.330 e. The van der Waals surface area contributed by atoms with E-state index in [1.807, 2.05) is 0 Å². The van der Waals surface area contributed by atoms with Crippen molar-refractivity contribution < 1.29 is 0 Å². The average molecular weight is 264 g/mol. The van der Waals surface area contributed by atoms with Gasteiger partial charge in [-0.05, 0) is 59.0 Å². The Morgan fingerprint density at radius 1 is 1.47 bits per heavy atom. The van der Waals surface area contributed by atoms with Crippen molar-refractivity contribution in [2.24, 2.45) is 11.7 Å². The van der Waals surface area contributed by atoms with Crippen LogP contribution in [-0.4, -0.2) is 34.3 Å². The van der Waals surface area contributed by atoms with Crippen molar-refractivity contribution in [3.63, 3.8) is 0 Å². The fourth-order valence-corrected chi connectivity index (χ4v) is 2.95. The molecule has 4 heteroatoms. The van der Waals surface area contributed by atoms with Crippen LogP contribution in [0.25, 0.3) is 0 Å². The monoisotopic (exact) mass is 264 g/mol. The third kappa shape index (κ3) is 3.80. The number of piperidine rings is 1. The largest absolute Gasteiger partial charge is 0.330 e. The Balaban J connectivity index is 1.96. The summed E-state index contributed by atoms with van der Waals surface area (Å²) in [6.07, 6.45) is 6.03. The summed E-state index contributed by atoms with van der Waals surface area (Å²) in [7, 11) is 0. The molecule has 0 aromatic carbocycles. The maximum atomic E-state index is 5.69. The third-order valence-electron chi connectivity index (χ3n) is 4.12. The van der Waals surface area contributed by atoms with E-state index in [4.69, 9.17) is 5.73 Å². The van der Waals surface area contributed by atoms with Gasteiger partial charge in [-0.2, -0.15) is 5.10 Å². The lowest BCUT2D eigenvalue weighted by Gasteiger charge is -2.32. The molecule has 1 aromatic rings. The second kappa shape index (κ2) is 6.53. The van der Waals surface area contributed by atoms with E-state index < -0.39 is 0 Å². The smallest absolute Gasteiger partial charge is 0.0638 e. The normalized spacial score (nSPS) is 21.2. The van der Waals surface area contributed by atoms with E-state index in [1.165, 1.54) is 43.6 Å². The van der Waals surface area contributed by atoms with Gasteiger partial charge in [-0.1, -0.05) is 0 Å². The molecule has 1 aromatic heterocycles. The van der Waals surface area contributed by atoms with Crippen LogP contribution in [0.2, 0.25) is 0 Å².